The van der Waals surface area contributed by atoms with Crippen LogP contribution >= 0.6 is 11.6 Å². The van der Waals surface area contributed by atoms with Crippen LogP contribution in [0, 0.1) is 13.8 Å². The molecule has 1 atom stereocenters. The molecule has 0 aliphatic rings. The Morgan fingerprint density at radius 3 is 1.91 bits per heavy atom. The van der Waals surface area contributed by atoms with Gasteiger partial charge in [0.05, 0.1) is 10.6 Å². The van der Waals surface area contributed by atoms with Gasteiger partial charge >= 0.3 is 0 Å². The molecule has 0 saturated heterocycles. The van der Waals surface area contributed by atoms with Crippen LogP contribution in [0.4, 0.5) is 5.69 Å². The number of rotatable bonds is 12. The Kier molecular flexibility index (Phi) is 10.8. The highest BCUT2D eigenvalue weighted by Gasteiger charge is 2.34. The Balaban J connectivity index is 1.79. The van der Waals surface area contributed by atoms with Crippen molar-refractivity contribution in [2.45, 2.75) is 57.6 Å². The van der Waals surface area contributed by atoms with Crippen molar-refractivity contribution in [3.63, 3.8) is 0 Å². The molecule has 0 aliphatic heterocycles. The van der Waals surface area contributed by atoms with Gasteiger partial charge in [-0.1, -0.05) is 89.5 Å². The lowest BCUT2D eigenvalue weighted by Crippen LogP contribution is -2.54. The second kappa shape index (κ2) is 14.6. The Hall–Kier alpha value is -4.14. The molecule has 0 bridgehead atoms. The number of benzene rings is 4. The molecule has 0 unspecified atom stereocenters. The minimum Gasteiger partial charge on any atom is -0.352 e. The van der Waals surface area contributed by atoms with Gasteiger partial charge in [-0.3, -0.25) is 13.9 Å². The van der Waals surface area contributed by atoms with Crippen molar-refractivity contribution >= 4 is 39.1 Å². The second-order valence-corrected chi connectivity index (χ2v) is 13.5. The molecule has 4 aromatic rings. The molecule has 0 aliphatic carbocycles. The molecule has 0 aromatic heterocycles. The lowest BCUT2D eigenvalue weighted by molar-refractivity contribution is -0.140. The molecule has 9 heteroatoms. The Morgan fingerprint density at radius 1 is 0.773 bits per heavy atom. The average molecular weight is 632 g/mol. The molecule has 44 heavy (non-hydrogen) atoms. The van der Waals surface area contributed by atoms with E-state index >= 15 is 0 Å². The van der Waals surface area contributed by atoms with E-state index in [1.807, 2.05) is 82.3 Å². The van der Waals surface area contributed by atoms with Crippen LogP contribution in [0.5, 0.6) is 0 Å². The predicted octanol–water partition coefficient (Wildman–Crippen LogP) is 6.32. The summed E-state index contributed by atoms with van der Waals surface area (Å²) in [4.78, 5) is 29.7. The lowest BCUT2D eigenvalue weighted by Gasteiger charge is -2.34. The SMILES string of the molecule is Cc1ccc(CN(C(=O)CN(c2ccc(C)cc2)S(=O)(=O)c2ccc(Cl)cc2)[C@H](Cc2ccccc2)C(=O)NC(C)C)cc1. The summed E-state index contributed by atoms with van der Waals surface area (Å²) in [5, 5.41) is 3.36. The zero-order valence-corrected chi connectivity index (χ0v) is 27.0. The van der Waals surface area contributed by atoms with Gasteiger partial charge < -0.3 is 10.2 Å². The molecule has 0 spiro atoms. The van der Waals surface area contributed by atoms with E-state index in [-0.39, 0.29) is 29.8 Å². The number of hydrogen-bond acceptors (Lipinski definition) is 4. The predicted molar refractivity (Wildman–Crippen MR) is 176 cm³/mol. The van der Waals surface area contributed by atoms with Gasteiger partial charge in [-0.2, -0.15) is 0 Å². The molecule has 0 fully saturated rings. The summed E-state index contributed by atoms with van der Waals surface area (Å²) in [5.41, 5.74) is 4.03. The highest BCUT2D eigenvalue weighted by atomic mass is 35.5. The number of amides is 2. The molecule has 7 nitrogen and oxygen atoms in total. The minimum atomic E-state index is -4.19. The molecule has 230 valence electrons. The molecule has 0 radical (unpaired) electrons. The lowest BCUT2D eigenvalue weighted by atomic mass is 10.0. The number of hydrogen-bond donors (Lipinski definition) is 1. The molecule has 1 N–H and O–H groups in total. The second-order valence-electron chi connectivity index (χ2n) is 11.2. The summed E-state index contributed by atoms with van der Waals surface area (Å²) in [6, 6.07) is 28.9. The Bertz CT molecular complexity index is 1660. The first-order chi connectivity index (χ1) is 20.9. The third kappa shape index (κ3) is 8.49. The van der Waals surface area contributed by atoms with Crippen LogP contribution in [0.15, 0.2) is 108 Å². The largest absolute Gasteiger partial charge is 0.352 e. The minimum absolute atomic E-state index is 0.00116. The molecule has 0 saturated carbocycles. The summed E-state index contributed by atoms with van der Waals surface area (Å²) in [7, 11) is -4.19. The quantitative estimate of drug-likeness (QED) is 0.198. The van der Waals surface area contributed by atoms with Crippen LogP contribution in [0.25, 0.3) is 0 Å². The average Bonchev–Trinajstić information content (AvgIpc) is 2.99. The number of aryl methyl sites for hydroxylation is 2. The zero-order valence-electron chi connectivity index (χ0n) is 25.4. The highest BCUT2D eigenvalue weighted by molar-refractivity contribution is 7.92. The van der Waals surface area contributed by atoms with Gasteiger partial charge in [-0.05, 0) is 75.2 Å². The van der Waals surface area contributed by atoms with E-state index < -0.39 is 28.5 Å². The molecule has 4 rings (SSSR count). The van der Waals surface area contributed by atoms with Gasteiger partial charge in [0, 0.05) is 24.0 Å². The summed E-state index contributed by atoms with van der Waals surface area (Å²) in [6.45, 7) is 7.20. The normalized spacial score (nSPS) is 12.0. The van der Waals surface area contributed by atoms with Crippen molar-refractivity contribution in [1.29, 1.82) is 0 Å². The summed E-state index contributed by atoms with van der Waals surface area (Å²) < 4.78 is 29.2. The number of halogens is 1. The third-order valence-corrected chi connectivity index (χ3v) is 9.22. The fraction of sp³-hybridized carbons (Fsp3) is 0.257. The summed E-state index contributed by atoms with van der Waals surface area (Å²) in [6.07, 6.45) is 0.255. The van der Waals surface area contributed by atoms with E-state index in [1.54, 1.807) is 24.3 Å². The number of nitrogens with zero attached hydrogens (tertiary/aromatic N) is 2. The van der Waals surface area contributed by atoms with Crippen molar-refractivity contribution in [3.8, 4) is 0 Å². The van der Waals surface area contributed by atoms with E-state index in [0.29, 0.717) is 10.7 Å². The van der Waals surface area contributed by atoms with E-state index in [9.17, 15) is 18.0 Å². The fourth-order valence-electron chi connectivity index (χ4n) is 4.80. The highest BCUT2D eigenvalue weighted by Crippen LogP contribution is 2.26. The first-order valence-electron chi connectivity index (χ1n) is 14.5. The van der Waals surface area contributed by atoms with Crippen LogP contribution in [0.2, 0.25) is 5.02 Å². The van der Waals surface area contributed by atoms with Crippen molar-refractivity contribution in [2.24, 2.45) is 0 Å². The van der Waals surface area contributed by atoms with Crippen LogP contribution in [0.3, 0.4) is 0 Å². The number of sulfonamides is 1. The number of carbonyl (C=O) groups excluding carboxylic acids is 2. The van der Waals surface area contributed by atoms with Crippen LogP contribution in [-0.4, -0.2) is 43.8 Å². The van der Waals surface area contributed by atoms with E-state index in [2.05, 4.69) is 5.32 Å². The summed E-state index contributed by atoms with van der Waals surface area (Å²) in [5.74, 6) is -0.824. The van der Waals surface area contributed by atoms with E-state index in [4.69, 9.17) is 11.6 Å². The van der Waals surface area contributed by atoms with Crippen LogP contribution in [0.1, 0.15) is 36.1 Å². The molecule has 4 aromatic carbocycles. The molecular weight excluding hydrogens is 594 g/mol. The van der Waals surface area contributed by atoms with Gasteiger partial charge in [0.1, 0.15) is 12.6 Å². The van der Waals surface area contributed by atoms with Crippen molar-refractivity contribution in [1.82, 2.24) is 10.2 Å². The molecule has 2 amide bonds. The van der Waals surface area contributed by atoms with E-state index in [1.165, 1.54) is 29.2 Å². The van der Waals surface area contributed by atoms with Crippen molar-refractivity contribution in [3.05, 3.63) is 130 Å². The maximum Gasteiger partial charge on any atom is 0.264 e. The fourth-order valence-corrected chi connectivity index (χ4v) is 6.34. The van der Waals surface area contributed by atoms with Gasteiger partial charge in [0.15, 0.2) is 0 Å². The van der Waals surface area contributed by atoms with Gasteiger partial charge in [0.25, 0.3) is 10.0 Å². The number of anilines is 1. The number of carbonyl (C=O) groups is 2. The standard InChI is InChI=1S/C35H38ClN3O4S/c1-25(2)37-35(41)33(22-28-8-6-5-7-9-28)38(23-29-14-10-26(3)11-15-29)34(40)24-39(31-18-12-27(4)13-19-31)44(42,43)32-20-16-30(36)17-21-32/h5-21,25,33H,22-24H2,1-4H3,(H,37,41)/t33-/m1/s1. The molecular formula is C35H38ClN3O4S. The van der Waals surface area contributed by atoms with Gasteiger partial charge in [-0.25, -0.2) is 8.42 Å². The van der Waals surface area contributed by atoms with Gasteiger partial charge in [-0.15, -0.1) is 0 Å². The monoisotopic (exact) mass is 631 g/mol. The van der Waals surface area contributed by atoms with Crippen LogP contribution in [-0.2, 0) is 32.6 Å². The first-order valence-corrected chi connectivity index (χ1v) is 16.3. The Morgan fingerprint density at radius 2 is 1.34 bits per heavy atom. The number of nitrogens with one attached hydrogen (secondary N) is 1. The van der Waals surface area contributed by atoms with Crippen LogP contribution < -0.4 is 9.62 Å². The van der Waals surface area contributed by atoms with E-state index in [0.717, 1.165) is 26.6 Å². The third-order valence-electron chi connectivity index (χ3n) is 7.18. The zero-order chi connectivity index (χ0) is 31.9. The maximum atomic E-state index is 14.4. The van der Waals surface area contributed by atoms with Crippen molar-refractivity contribution < 1.29 is 18.0 Å². The topological polar surface area (TPSA) is 86.8 Å². The Labute approximate surface area is 265 Å². The van der Waals surface area contributed by atoms with Gasteiger partial charge in [0.2, 0.25) is 11.8 Å². The first kappa shape index (κ1) is 32.8. The summed E-state index contributed by atoms with van der Waals surface area (Å²) >= 11 is 6.05. The maximum absolute atomic E-state index is 14.4. The molecule has 0 heterocycles. The van der Waals surface area contributed by atoms with Crippen molar-refractivity contribution in [2.75, 3.05) is 10.8 Å². The smallest absolute Gasteiger partial charge is 0.264 e.